The minimum Gasteiger partial charge on any atom is -0.496 e. The molecular formula is C23H25ClO7. The second-order valence-corrected chi connectivity index (χ2v) is 7.72. The summed E-state index contributed by atoms with van der Waals surface area (Å²) in [4.78, 5) is 39.3. The Kier molecular flexibility index (Phi) is 6.46. The minimum absolute atomic E-state index is 0.0674. The fraction of sp³-hybridized carbons (Fsp3) is 0.435. The number of ether oxygens (including phenoxy) is 4. The molecule has 0 heterocycles. The van der Waals surface area contributed by atoms with Crippen LogP contribution >= 0.6 is 11.6 Å². The summed E-state index contributed by atoms with van der Waals surface area (Å²) in [6.45, 7) is 5.20. The van der Waals surface area contributed by atoms with E-state index in [-0.39, 0.29) is 31.8 Å². The van der Waals surface area contributed by atoms with Gasteiger partial charge in [0.15, 0.2) is 11.2 Å². The molecule has 0 amide bonds. The maximum Gasteiger partial charge on any atom is 0.324 e. The van der Waals surface area contributed by atoms with Gasteiger partial charge in [0.25, 0.3) is 0 Å². The maximum absolute atomic E-state index is 13.4. The molecule has 0 saturated carbocycles. The lowest BCUT2D eigenvalue weighted by Crippen LogP contribution is -2.48. The first-order chi connectivity index (χ1) is 14.8. The second kappa shape index (κ2) is 8.75. The SMILES string of the molecule is CCOC(=O)C1(C(=O)OCC)CC(=O)c2c(c(OC)c3c(Cl)ccc(OC)c3c2C)C1. The van der Waals surface area contributed by atoms with Crippen LogP contribution in [0.15, 0.2) is 12.1 Å². The van der Waals surface area contributed by atoms with E-state index >= 15 is 0 Å². The van der Waals surface area contributed by atoms with Crippen molar-refractivity contribution in [2.24, 2.45) is 5.41 Å². The van der Waals surface area contributed by atoms with Gasteiger partial charge >= 0.3 is 11.9 Å². The number of fused-ring (bicyclic) bond motifs is 2. The van der Waals surface area contributed by atoms with Gasteiger partial charge in [0.1, 0.15) is 11.5 Å². The largest absolute Gasteiger partial charge is 0.496 e. The molecule has 8 heteroatoms. The molecule has 0 aromatic heterocycles. The summed E-state index contributed by atoms with van der Waals surface area (Å²) in [5, 5.41) is 1.60. The summed E-state index contributed by atoms with van der Waals surface area (Å²) in [5.41, 5.74) is -0.305. The number of Topliss-reactive ketones (excluding diaryl/α,β-unsaturated/α-hetero) is 1. The molecule has 3 rings (SSSR count). The van der Waals surface area contributed by atoms with Gasteiger partial charge in [0, 0.05) is 34.7 Å². The monoisotopic (exact) mass is 448 g/mol. The highest BCUT2D eigenvalue weighted by atomic mass is 35.5. The number of hydrogen-bond acceptors (Lipinski definition) is 7. The van der Waals surface area contributed by atoms with Crippen LogP contribution < -0.4 is 9.47 Å². The van der Waals surface area contributed by atoms with Gasteiger partial charge in [-0.1, -0.05) is 11.6 Å². The van der Waals surface area contributed by atoms with Gasteiger partial charge in [0.05, 0.1) is 32.5 Å². The van der Waals surface area contributed by atoms with Gasteiger partial charge in [-0.2, -0.15) is 0 Å². The molecule has 0 saturated heterocycles. The summed E-state index contributed by atoms with van der Waals surface area (Å²) < 4.78 is 21.6. The third kappa shape index (κ3) is 3.51. The zero-order valence-corrected chi connectivity index (χ0v) is 19.0. The number of halogens is 1. The van der Waals surface area contributed by atoms with Crippen LogP contribution in [0.1, 0.15) is 41.8 Å². The summed E-state index contributed by atoms with van der Waals surface area (Å²) >= 11 is 6.51. The fourth-order valence-corrected chi connectivity index (χ4v) is 4.59. The van der Waals surface area contributed by atoms with E-state index in [2.05, 4.69) is 0 Å². The van der Waals surface area contributed by atoms with Crippen molar-refractivity contribution in [2.45, 2.75) is 33.6 Å². The Morgan fingerprint density at radius 3 is 2.13 bits per heavy atom. The molecule has 166 valence electrons. The van der Waals surface area contributed by atoms with E-state index in [4.69, 9.17) is 30.5 Å². The van der Waals surface area contributed by atoms with Gasteiger partial charge in [-0.15, -0.1) is 0 Å². The number of benzene rings is 2. The summed E-state index contributed by atoms with van der Waals surface area (Å²) in [6.07, 6.45) is -0.449. The Hall–Kier alpha value is -2.80. The third-order valence-electron chi connectivity index (χ3n) is 5.65. The zero-order valence-electron chi connectivity index (χ0n) is 18.2. The number of hydrogen-bond donors (Lipinski definition) is 0. The van der Waals surface area contributed by atoms with Crippen LogP contribution in [0.4, 0.5) is 0 Å². The first-order valence-corrected chi connectivity index (χ1v) is 10.4. The normalized spacial score (nSPS) is 14.7. The maximum atomic E-state index is 13.4. The van der Waals surface area contributed by atoms with Crippen molar-refractivity contribution in [1.82, 2.24) is 0 Å². The van der Waals surface area contributed by atoms with E-state index in [9.17, 15) is 14.4 Å². The topological polar surface area (TPSA) is 88.1 Å². The highest BCUT2D eigenvalue weighted by Gasteiger charge is 2.54. The highest BCUT2D eigenvalue weighted by molar-refractivity contribution is 6.37. The Labute approximate surface area is 185 Å². The predicted octanol–water partition coefficient (Wildman–Crippen LogP) is 4.06. The fourth-order valence-electron chi connectivity index (χ4n) is 4.35. The second-order valence-electron chi connectivity index (χ2n) is 7.31. The van der Waals surface area contributed by atoms with Gasteiger partial charge in [-0.25, -0.2) is 0 Å². The standard InChI is InChI=1S/C23H25ClO7/c1-6-30-21(26)23(22(27)31-7-2)10-13-17(15(25)11-23)12(3)18-16(28-4)9-8-14(24)19(18)20(13)29-5/h8-9H,6-7,10-11H2,1-5H3. The van der Waals surface area contributed by atoms with Crippen molar-refractivity contribution in [3.8, 4) is 11.5 Å². The van der Waals surface area contributed by atoms with E-state index in [1.165, 1.54) is 14.2 Å². The summed E-state index contributed by atoms with van der Waals surface area (Å²) in [7, 11) is 2.98. The smallest absolute Gasteiger partial charge is 0.324 e. The number of carbonyl (C=O) groups is 3. The molecule has 0 N–H and O–H groups in total. The molecule has 0 bridgehead atoms. The summed E-state index contributed by atoms with van der Waals surface area (Å²) in [6, 6.07) is 3.39. The minimum atomic E-state index is -1.78. The van der Waals surface area contributed by atoms with Crippen LogP contribution in [0, 0.1) is 12.3 Å². The molecule has 0 unspecified atom stereocenters. The molecule has 1 aliphatic rings. The molecule has 0 fully saturated rings. The Morgan fingerprint density at radius 1 is 1.00 bits per heavy atom. The molecule has 1 aliphatic carbocycles. The van der Waals surface area contributed by atoms with E-state index in [1.54, 1.807) is 32.9 Å². The first-order valence-electron chi connectivity index (χ1n) is 10.0. The average Bonchev–Trinajstić information content (AvgIpc) is 2.74. The van der Waals surface area contributed by atoms with Crippen LogP contribution in [0.3, 0.4) is 0 Å². The van der Waals surface area contributed by atoms with Gasteiger partial charge in [-0.05, 0) is 38.5 Å². The average molecular weight is 449 g/mol. The van der Waals surface area contributed by atoms with Crippen molar-refractivity contribution in [1.29, 1.82) is 0 Å². The Bertz CT molecular complexity index is 1060. The molecule has 7 nitrogen and oxygen atoms in total. The molecular weight excluding hydrogens is 424 g/mol. The number of methoxy groups -OCH3 is 2. The van der Waals surface area contributed by atoms with Gasteiger partial charge in [0.2, 0.25) is 0 Å². The van der Waals surface area contributed by atoms with Crippen molar-refractivity contribution < 1.29 is 33.3 Å². The van der Waals surface area contributed by atoms with Crippen LogP contribution in [0.2, 0.25) is 5.02 Å². The number of rotatable bonds is 6. The lowest BCUT2D eigenvalue weighted by Gasteiger charge is -2.35. The quantitative estimate of drug-likeness (QED) is 0.486. The van der Waals surface area contributed by atoms with Crippen molar-refractivity contribution >= 4 is 40.1 Å². The Balaban J connectivity index is 2.38. The van der Waals surface area contributed by atoms with E-state index in [0.29, 0.717) is 44.0 Å². The van der Waals surface area contributed by atoms with Crippen molar-refractivity contribution in [2.75, 3.05) is 27.4 Å². The van der Waals surface area contributed by atoms with E-state index < -0.39 is 17.4 Å². The molecule has 0 aliphatic heterocycles. The van der Waals surface area contributed by atoms with Crippen molar-refractivity contribution in [3.05, 3.63) is 33.8 Å². The molecule has 31 heavy (non-hydrogen) atoms. The number of aryl methyl sites for hydroxylation is 1. The van der Waals surface area contributed by atoms with Gasteiger partial charge in [-0.3, -0.25) is 14.4 Å². The van der Waals surface area contributed by atoms with Crippen LogP contribution in [-0.2, 0) is 25.5 Å². The zero-order chi connectivity index (χ0) is 22.9. The molecule has 0 atom stereocenters. The third-order valence-corrected chi connectivity index (χ3v) is 5.96. The molecule has 0 radical (unpaired) electrons. The molecule has 0 spiro atoms. The summed E-state index contributed by atoms with van der Waals surface area (Å²) in [5.74, 6) is -1.08. The lowest BCUT2D eigenvalue weighted by molar-refractivity contribution is -0.172. The predicted molar refractivity (Wildman–Crippen MR) is 115 cm³/mol. The Morgan fingerprint density at radius 2 is 1.61 bits per heavy atom. The first kappa shape index (κ1) is 22.9. The molecule has 2 aromatic rings. The van der Waals surface area contributed by atoms with Gasteiger partial charge < -0.3 is 18.9 Å². The van der Waals surface area contributed by atoms with Crippen LogP contribution in [0.5, 0.6) is 11.5 Å². The van der Waals surface area contributed by atoms with Crippen molar-refractivity contribution in [3.63, 3.8) is 0 Å². The highest BCUT2D eigenvalue weighted by Crippen LogP contribution is 2.49. The number of carbonyl (C=O) groups excluding carboxylic acids is 3. The lowest BCUT2D eigenvalue weighted by atomic mass is 9.69. The van der Waals surface area contributed by atoms with E-state index in [0.717, 1.165) is 0 Å². The van der Waals surface area contributed by atoms with Crippen LogP contribution in [0.25, 0.3) is 10.8 Å². The number of esters is 2. The molecule has 2 aromatic carbocycles. The van der Waals surface area contributed by atoms with Crippen LogP contribution in [-0.4, -0.2) is 45.2 Å². The number of ketones is 1. The van der Waals surface area contributed by atoms with E-state index in [1.807, 2.05) is 0 Å².